The van der Waals surface area contributed by atoms with Gasteiger partial charge in [-0.3, -0.25) is 4.99 Å². The van der Waals surface area contributed by atoms with Gasteiger partial charge in [-0.15, -0.1) is 0 Å². The maximum absolute atomic E-state index is 12.1. The average molecular weight is 480 g/mol. The van der Waals surface area contributed by atoms with Crippen molar-refractivity contribution in [3.8, 4) is 0 Å². The number of sulfonamides is 1. The van der Waals surface area contributed by atoms with E-state index in [0.29, 0.717) is 19.0 Å². The third-order valence-electron chi connectivity index (χ3n) is 6.80. The summed E-state index contributed by atoms with van der Waals surface area (Å²) in [7, 11) is -3.14. The van der Waals surface area contributed by atoms with E-state index in [4.69, 9.17) is 0 Å². The molecule has 5 nitrogen and oxygen atoms in total. The molecule has 1 unspecified atom stereocenters. The normalized spacial score (nSPS) is 20.3. The maximum Gasteiger partial charge on any atom is 0.211 e. The molecule has 0 saturated carbocycles. The first-order valence-electron chi connectivity index (χ1n) is 12.0. The van der Waals surface area contributed by atoms with Gasteiger partial charge in [0, 0.05) is 38.0 Å². The molecule has 1 atom stereocenters. The van der Waals surface area contributed by atoms with Crippen LogP contribution in [0.5, 0.6) is 0 Å². The molecule has 34 heavy (non-hydrogen) atoms. The minimum atomic E-state index is -3.14. The molecule has 1 aliphatic carbocycles. The highest BCUT2D eigenvalue weighted by atomic mass is 32.2. The number of fused-ring (bicyclic) bond motifs is 1. The molecular weight excluding hydrogens is 442 g/mol. The van der Waals surface area contributed by atoms with Gasteiger partial charge in [-0.1, -0.05) is 60.7 Å². The first-order valence-corrected chi connectivity index (χ1v) is 13.8. The van der Waals surface area contributed by atoms with Crippen molar-refractivity contribution in [3.63, 3.8) is 0 Å². The van der Waals surface area contributed by atoms with Crippen LogP contribution >= 0.6 is 0 Å². The Labute approximate surface area is 205 Å². The summed E-state index contributed by atoms with van der Waals surface area (Å²) >= 11 is 0. The van der Waals surface area contributed by atoms with Gasteiger partial charge in [0.1, 0.15) is 0 Å². The van der Waals surface area contributed by atoms with Gasteiger partial charge >= 0.3 is 0 Å². The van der Waals surface area contributed by atoms with Crippen LogP contribution in [0.1, 0.15) is 49.7 Å². The van der Waals surface area contributed by atoms with E-state index in [1.165, 1.54) is 34.1 Å². The van der Waals surface area contributed by atoms with Gasteiger partial charge in [0.05, 0.1) is 6.26 Å². The monoisotopic (exact) mass is 479 g/mol. The first-order chi connectivity index (χ1) is 16.4. The Bertz CT molecular complexity index is 1100. The minimum absolute atomic E-state index is 0.260. The van der Waals surface area contributed by atoms with Crippen molar-refractivity contribution in [1.82, 2.24) is 9.62 Å². The summed E-state index contributed by atoms with van der Waals surface area (Å²) in [6.07, 6.45) is 16.8. The number of rotatable bonds is 10. The van der Waals surface area contributed by atoms with Crippen molar-refractivity contribution >= 4 is 22.8 Å². The summed E-state index contributed by atoms with van der Waals surface area (Å²) in [5.74, 6) is 0.660. The Hall–Kier alpha value is -2.70. The van der Waals surface area contributed by atoms with Gasteiger partial charge in [0.2, 0.25) is 10.0 Å². The maximum atomic E-state index is 12.1. The number of benzene rings is 1. The average Bonchev–Trinajstić information content (AvgIpc) is 2.93. The van der Waals surface area contributed by atoms with E-state index < -0.39 is 10.0 Å². The number of hydrogen-bond donors (Lipinski definition) is 1. The number of piperidine rings is 1. The number of aliphatic imine (C=N–C) groups is 1. The largest absolute Gasteiger partial charge is 0.390 e. The van der Waals surface area contributed by atoms with Crippen LogP contribution in [-0.2, 0) is 10.0 Å². The number of allylic oxidation sites excluding steroid dienone is 6. The van der Waals surface area contributed by atoms with Crippen molar-refractivity contribution in [3.05, 3.63) is 89.3 Å². The highest BCUT2D eigenvalue weighted by molar-refractivity contribution is 7.88. The van der Waals surface area contributed by atoms with Crippen molar-refractivity contribution in [1.29, 1.82) is 0 Å². The van der Waals surface area contributed by atoms with Crippen LogP contribution in [0.15, 0.2) is 83.2 Å². The van der Waals surface area contributed by atoms with E-state index in [9.17, 15) is 8.42 Å². The molecule has 1 N–H and O–H groups in total. The molecule has 0 spiro atoms. The lowest BCUT2D eigenvalue weighted by Gasteiger charge is -2.36. The lowest BCUT2D eigenvalue weighted by atomic mass is 9.74. The molecule has 0 bridgehead atoms. The minimum Gasteiger partial charge on any atom is -0.390 e. The second-order valence-electron chi connectivity index (χ2n) is 9.02. The van der Waals surface area contributed by atoms with Gasteiger partial charge < -0.3 is 5.32 Å². The SMILES string of the molecule is C=C/C=C\C1=C(C)C(C2CCN(S(C)(=O)=O)CC2)c2ccccc2C=C1CCCN/C=C\N=C. The molecule has 0 amide bonds. The Kier molecular flexibility index (Phi) is 9.25. The first kappa shape index (κ1) is 25.9. The molecule has 2 aliphatic rings. The van der Waals surface area contributed by atoms with Gasteiger partial charge in [-0.2, -0.15) is 0 Å². The molecule has 6 heteroatoms. The summed E-state index contributed by atoms with van der Waals surface area (Å²) in [4.78, 5) is 3.72. The highest BCUT2D eigenvalue weighted by Crippen LogP contribution is 2.45. The Morgan fingerprint density at radius 1 is 1.24 bits per heavy atom. The molecule has 0 radical (unpaired) electrons. The van der Waals surface area contributed by atoms with Crippen LogP contribution in [0, 0.1) is 5.92 Å². The standard InChI is InChI=1S/C28H37N3O2S/c1-5-6-12-26-22(2)28(23-14-19-31(20-15-23)34(4,32)33)27-13-8-7-10-25(27)21-24(26)11-9-16-30-18-17-29-3/h5-8,10,12-13,17-18,21,23,28,30H,1,3,9,11,14-16,19-20H2,2,4H3/b12-6-,18-17-. The zero-order chi connectivity index (χ0) is 24.6. The predicted octanol–water partition coefficient (Wildman–Crippen LogP) is 5.44. The predicted molar refractivity (Wildman–Crippen MR) is 144 cm³/mol. The van der Waals surface area contributed by atoms with Gasteiger partial charge in [0.15, 0.2) is 0 Å². The summed E-state index contributed by atoms with van der Waals surface area (Å²) in [6, 6.07) is 8.67. The fourth-order valence-electron chi connectivity index (χ4n) is 5.17. The quantitative estimate of drug-likeness (QED) is 0.276. The molecule has 0 aromatic heterocycles. The Morgan fingerprint density at radius 2 is 1.97 bits per heavy atom. The summed E-state index contributed by atoms with van der Waals surface area (Å²) in [5.41, 5.74) is 6.56. The smallest absolute Gasteiger partial charge is 0.211 e. The van der Waals surface area contributed by atoms with E-state index in [2.05, 4.69) is 66.9 Å². The van der Waals surface area contributed by atoms with Crippen LogP contribution in [0.4, 0.5) is 0 Å². The number of nitrogens with one attached hydrogen (secondary N) is 1. The van der Waals surface area contributed by atoms with E-state index >= 15 is 0 Å². The molecule has 3 rings (SSSR count). The number of nitrogens with zero attached hydrogens (tertiary/aromatic N) is 2. The summed E-state index contributed by atoms with van der Waals surface area (Å²) < 4.78 is 25.7. The Balaban J connectivity index is 1.94. The van der Waals surface area contributed by atoms with Crippen LogP contribution < -0.4 is 5.32 Å². The van der Waals surface area contributed by atoms with E-state index in [0.717, 1.165) is 32.2 Å². The molecule has 1 aromatic rings. The Morgan fingerprint density at radius 3 is 2.65 bits per heavy atom. The van der Waals surface area contributed by atoms with Gasteiger partial charge in [0.25, 0.3) is 0 Å². The van der Waals surface area contributed by atoms with Crippen molar-refractivity contribution in [2.75, 3.05) is 25.9 Å². The summed E-state index contributed by atoms with van der Waals surface area (Å²) in [6.45, 7) is 11.6. The molecular formula is C28H37N3O2S. The van der Waals surface area contributed by atoms with Crippen LogP contribution in [0.25, 0.3) is 6.08 Å². The molecule has 182 valence electrons. The molecule has 1 heterocycles. The van der Waals surface area contributed by atoms with Crippen LogP contribution in [0.2, 0.25) is 0 Å². The van der Waals surface area contributed by atoms with Crippen LogP contribution in [0.3, 0.4) is 0 Å². The fourth-order valence-corrected chi connectivity index (χ4v) is 6.05. The highest BCUT2D eigenvalue weighted by Gasteiger charge is 2.34. The van der Waals surface area contributed by atoms with Crippen molar-refractivity contribution in [2.45, 2.75) is 38.5 Å². The van der Waals surface area contributed by atoms with Gasteiger partial charge in [-0.25, -0.2) is 12.7 Å². The van der Waals surface area contributed by atoms with E-state index in [-0.39, 0.29) is 5.92 Å². The second kappa shape index (κ2) is 12.1. The second-order valence-corrected chi connectivity index (χ2v) is 11.0. The molecule has 1 saturated heterocycles. The topological polar surface area (TPSA) is 61.8 Å². The van der Waals surface area contributed by atoms with E-state index in [1.54, 1.807) is 10.5 Å². The third kappa shape index (κ3) is 6.45. The summed E-state index contributed by atoms with van der Waals surface area (Å²) in [5, 5.41) is 3.26. The zero-order valence-corrected chi connectivity index (χ0v) is 21.2. The molecule has 1 fully saturated rings. The van der Waals surface area contributed by atoms with E-state index in [1.807, 2.05) is 18.4 Å². The fraction of sp³-hybridized carbons (Fsp3) is 0.393. The zero-order valence-electron chi connectivity index (χ0n) is 20.4. The number of hydrogen-bond acceptors (Lipinski definition) is 4. The third-order valence-corrected chi connectivity index (χ3v) is 8.10. The lowest BCUT2D eigenvalue weighted by molar-refractivity contribution is 0.256. The molecule has 1 aliphatic heterocycles. The molecule has 1 aromatic carbocycles. The van der Waals surface area contributed by atoms with Crippen LogP contribution in [-0.4, -0.2) is 45.3 Å². The van der Waals surface area contributed by atoms with Crippen molar-refractivity contribution < 1.29 is 8.42 Å². The van der Waals surface area contributed by atoms with Gasteiger partial charge in [-0.05, 0) is 67.5 Å². The van der Waals surface area contributed by atoms with Crippen molar-refractivity contribution in [2.24, 2.45) is 10.9 Å². The lowest BCUT2D eigenvalue weighted by Crippen LogP contribution is -2.39.